The lowest BCUT2D eigenvalue weighted by molar-refractivity contribution is -0.142. The predicted octanol–water partition coefficient (Wildman–Crippen LogP) is 1.73. The van der Waals surface area contributed by atoms with Gasteiger partial charge in [0.2, 0.25) is 0 Å². The van der Waals surface area contributed by atoms with Crippen LogP contribution in [0.15, 0.2) is 18.3 Å². The first kappa shape index (κ1) is 10.5. The molecule has 0 aliphatic rings. The van der Waals surface area contributed by atoms with Gasteiger partial charge in [0.15, 0.2) is 0 Å². The highest BCUT2D eigenvalue weighted by molar-refractivity contribution is 5.70. The molecule has 1 heterocycles. The molecule has 0 unspecified atom stereocenters. The Hall–Kier alpha value is -1.59. The fourth-order valence-corrected chi connectivity index (χ4v) is 0.999. The van der Waals surface area contributed by atoms with Gasteiger partial charge in [-0.15, -0.1) is 0 Å². The second-order valence-corrected chi connectivity index (χ2v) is 2.58. The molecule has 1 aromatic heterocycles. The number of hydrogen-bond donors (Lipinski definition) is 1. The Morgan fingerprint density at radius 1 is 1.50 bits per heavy atom. The van der Waals surface area contributed by atoms with Crippen LogP contribution in [-0.2, 0) is 17.4 Å². The molecule has 3 nitrogen and oxygen atoms in total. The number of aromatic nitrogens is 1. The molecule has 0 bridgehead atoms. The number of pyridine rings is 1. The minimum absolute atomic E-state index is 0.326. The van der Waals surface area contributed by atoms with E-state index < -0.39 is 24.3 Å². The summed E-state index contributed by atoms with van der Waals surface area (Å²) >= 11 is 0. The summed E-state index contributed by atoms with van der Waals surface area (Å²) in [6, 6.07) is 2.37. The Labute approximate surface area is 77.2 Å². The minimum Gasteiger partial charge on any atom is -0.481 e. The molecule has 14 heavy (non-hydrogen) atoms. The van der Waals surface area contributed by atoms with Crippen molar-refractivity contribution in [1.29, 1.82) is 0 Å². The molecule has 0 fully saturated rings. The molecule has 0 amide bonds. The van der Waals surface area contributed by atoms with E-state index in [1.165, 1.54) is 6.07 Å². The van der Waals surface area contributed by atoms with Gasteiger partial charge in [-0.3, -0.25) is 9.78 Å². The SMILES string of the molecule is O=C(O)Cc1cccnc1C(F)(F)F. The summed E-state index contributed by atoms with van der Waals surface area (Å²) in [4.78, 5) is 13.4. The summed E-state index contributed by atoms with van der Waals surface area (Å²) in [6.07, 6.45) is -4.30. The van der Waals surface area contributed by atoms with Gasteiger partial charge in [0, 0.05) is 6.20 Å². The van der Waals surface area contributed by atoms with Gasteiger partial charge in [0.05, 0.1) is 6.42 Å². The molecule has 0 saturated carbocycles. The van der Waals surface area contributed by atoms with Gasteiger partial charge in [0.25, 0.3) is 0 Å². The summed E-state index contributed by atoms with van der Waals surface area (Å²) in [6.45, 7) is 0. The summed E-state index contributed by atoms with van der Waals surface area (Å²) in [5.41, 5.74) is -1.46. The lowest BCUT2D eigenvalue weighted by Gasteiger charge is -2.09. The molecule has 0 atom stereocenters. The second-order valence-electron chi connectivity index (χ2n) is 2.58. The van der Waals surface area contributed by atoms with E-state index in [0.29, 0.717) is 0 Å². The minimum atomic E-state index is -4.61. The maximum Gasteiger partial charge on any atom is 0.433 e. The summed E-state index contributed by atoms with van der Waals surface area (Å²) < 4.78 is 36.7. The molecular formula is C8H6F3NO2. The van der Waals surface area contributed by atoms with Gasteiger partial charge in [-0.2, -0.15) is 13.2 Å². The number of rotatable bonds is 2. The zero-order chi connectivity index (χ0) is 10.8. The maximum absolute atomic E-state index is 12.2. The molecule has 76 valence electrons. The van der Waals surface area contributed by atoms with Crippen molar-refractivity contribution in [3.05, 3.63) is 29.6 Å². The number of nitrogens with zero attached hydrogens (tertiary/aromatic N) is 1. The van der Waals surface area contributed by atoms with E-state index in [-0.39, 0.29) is 5.56 Å². The van der Waals surface area contributed by atoms with E-state index in [9.17, 15) is 18.0 Å². The van der Waals surface area contributed by atoms with Gasteiger partial charge in [-0.25, -0.2) is 0 Å². The highest BCUT2D eigenvalue weighted by Crippen LogP contribution is 2.30. The van der Waals surface area contributed by atoms with Crippen molar-refractivity contribution in [2.75, 3.05) is 0 Å². The van der Waals surface area contributed by atoms with Crippen LogP contribution in [0.4, 0.5) is 13.2 Å². The normalized spacial score (nSPS) is 11.4. The maximum atomic E-state index is 12.2. The van der Waals surface area contributed by atoms with E-state index >= 15 is 0 Å². The van der Waals surface area contributed by atoms with Crippen molar-refractivity contribution in [1.82, 2.24) is 4.98 Å². The highest BCUT2D eigenvalue weighted by Gasteiger charge is 2.35. The van der Waals surface area contributed by atoms with Crippen molar-refractivity contribution in [2.45, 2.75) is 12.6 Å². The fourth-order valence-electron chi connectivity index (χ4n) is 0.999. The van der Waals surface area contributed by atoms with Crippen LogP contribution in [0.5, 0.6) is 0 Å². The Bertz CT molecular complexity index is 349. The van der Waals surface area contributed by atoms with Crippen molar-refractivity contribution >= 4 is 5.97 Å². The zero-order valence-corrected chi connectivity index (χ0v) is 6.88. The van der Waals surface area contributed by atoms with Crippen LogP contribution in [0.1, 0.15) is 11.3 Å². The standard InChI is InChI=1S/C8H6F3NO2/c9-8(10,11)7-5(4-6(13)14)2-1-3-12-7/h1-3H,4H2,(H,13,14). The molecule has 1 rings (SSSR count). The van der Waals surface area contributed by atoms with E-state index in [0.717, 1.165) is 12.3 Å². The van der Waals surface area contributed by atoms with E-state index in [4.69, 9.17) is 5.11 Å². The van der Waals surface area contributed by atoms with Crippen LogP contribution in [0.3, 0.4) is 0 Å². The second kappa shape index (κ2) is 3.65. The first-order chi connectivity index (χ1) is 6.41. The molecule has 0 aromatic carbocycles. The van der Waals surface area contributed by atoms with Crippen molar-refractivity contribution < 1.29 is 23.1 Å². The molecule has 0 saturated heterocycles. The van der Waals surface area contributed by atoms with Gasteiger partial charge in [-0.1, -0.05) is 6.07 Å². The van der Waals surface area contributed by atoms with Crippen LogP contribution >= 0.6 is 0 Å². The van der Waals surface area contributed by atoms with E-state index in [2.05, 4.69) is 4.98 Å². The molecule has 1 N–H and O–H groups in total. The average Bonchev–Trinajstić information content (AvgIpc) is 2.01. The van der Waals surface area contributed by atoms with Crippen LogP contribution in [0.25, 0.3) is 0 Å². The molecule has 0 spiro atoms. The molecule has 1 aromatic rings. The number of hydrogen-bond acceptors (Lipinski definition) is 2. The number of carbonyl (C=O) groups is 1. The monoisotopic (exact) mass is 205 g/mol. The number of alkyl halides is 3. The van der Waals surface area contributed by atoms with Crippen molar-refractivity contribution in [2.24, 2.45) is 0 Å². The summed E-state index contributed by atoms with van der Waals surface area (Å²) in [5.74, 6) is -1.32. The topological polar surface area (TPSA) is 50.2 Å². The molecule has 6 heteroatoms. The quantitative estimate of drug-likeness (QED) is 0.799. The summed E-state index contributed by atoms with van der Waals surface area (Å²) in [5, 5.41) is 8.36. The van der Waals surface area contributed by atoms with Gasteiger partial charge in [0.1, 0.15) is 5.69 Å². The Morgan fingerprint density at radius 2 is 2.14 bits per heavy atom. The lowest BCUT2D eigenvalue weighted by Crippen LogP contribution is -2.14. The third kappa shape index (κ3) is 2.45. The first-order valence-electron chi connectivity index (χ1n) is 3.64. The van der Waals surface area contributed by atoms with Gasteiger partial charge < -0.3 is 5.11 Å². The molecule has 0 radical (unpaired) electrons. The summed E-state index contributed by atoms with van der Waals surface area (Å²) in [7, 11) is 0. The lowest BCUT2D eigenvalue weighted by atomic mass is 10.1. The van der Waals surface area contributed by atoms with Crippen LogP contribution in [0.2, 0.25) is 0 Å². The zero-order valence-electron chi connectivity index (χ0n) is 6.88. The first-order valence-corrected chi connectivity index (χ1v) is 3.64. The molecule has 0 aliphatic heterocycles. The predicted molar refractivity (Wildman–Crippen MR) is 40.6 cm³/mol. The highest BCUT2D eigenvalue weighted by atomic mass is 19.4. The van der Waals surface area contributed by atoms with Crippen LogP contribution < -0.4 is 0 Å². The van der Waals surface area contributed by atoms with Crippen LogP contribution in [0, 0.1) is 0 Å². The number of halogens is 3. The fraction of sp³-hybridized carbons (Fsp3) is 0.250. The Balaban J connectivity index is 3.10. The van der Waals surface area contributed by atoms with Crippen LogP contribution in [-0.4, -0.2) is 16.1 Å². The smallest absolute Gasteiger partial charge is 0.433 e. The van der Waals surface area contributed by atoms with Gasteiger partial charge >= 0.3 is 12.1 Å². The number of carboxylic acids is 1. The number of aliphatic carboxylic acids is 1. The van der Waals surface area contributed by atoms with Gasteiger partial charge in [-0.05, 0) is 11.6 Å². The third-order valence-corrected chi connectivity index (χ3v) is 1.50. The molecular weight excluding hydrogens is 199 g/mol. The van der Waals surface area contributed by atoms with E-state index in [1.807, 2.05) is 0 Å². The van der Waals surface area contributed by atoms with E-state index in [1.54, 1.807) is 0 Å². The molecule has 0 aliphatic carbocycles. The van der Waals surface area contributed by atoms with Crippen molar-refractivity contribution in [3.8, 4) is 0 Å². The van der Waals surface area contributed by atoms with Crippen molar-refractivity contribution in [3.63, 3.8) is 0 Å². The Morgan fingerprint density at radius 3 is 2.64 bits per heavy atom. The Kier molecular flexibility index (Phi) is 2.73. The average molecular weight is 205 g/mol. The third-order valence-electron chi connectivity index (χ3n) is 1.50. The largest absolute Gasteiger partial charge is 0.481 e. The number of carboxylic acid groups (broad SMARTS) is 1.